The highest BCUT2D eigenvalue weighted by Crippen LogP contribution is 2.47. The predicted octanol–water partition coefficient (Wildman–Crippen LogP) is 6.67. The first kappa shape index (κ1) is 41.3. The van der Waals surface area contributed by atoms with E-state index in [1.54, 1.807) is 0 Å². The van der Waals surface area contributed by atoms with Crippen molar-refractivity contribution in [3.05, 3.63) is 25.3 Å². The van der Waals surface area contributed by atoms with Crippen molar-refractivity contribution >= 4 is 24.1 Å². The van der Waals surface area contributed by atoms with Crippen LogP contribution in [0.15, 0.2) is 25.3 Å². The second kappa shape index (κ2) is 18.7. The monoisotopic (exact) mass is 590 g/mol. The van der Waals surface area contributed by atoms with Crippen molar-refractivity contribution in [3.8, 4) is 0 Å². The molecule has 240 valence electrons. The molecule has 0 spiro atoms. The molecule has 0 aromatic rings. The van der Waals surface area contributed by atoms with Gasteiger partial charge in [0.25, 0.3) is 0 Å². The molecule has 2 aliphatic rings. The number of nitrogens with one attached hydrogen (secondary N) is 2. The molecule has 2 N–H and O–H groups in total. The van der Waals surface area contributed by atoms with Crippen LogP contribution in [0.2, 0.25) is 0 Å². The van der Waals surface area contributed by atoms with E-state index >= 15 is 0 Å². The Hall–Kier alpha value is -2.82. The van der Waals surface area contributed by atoms with Crippen LogP contribution in [0.1, 0.15) is 121 Å². The van der Waals surface area contributed by atoms with Gasteiger partial charge in [0.15, 0.2) is 0 Å². The van der Waals surface area contributed by atoms with E-state index < -0.39 is 0 Å². The van der Waals surface area contributed by atoms with Gasteiger partial charge >= 0.3 is 12.3 Å². The van der Waals surface area contributed by atoms with Gasteiger partial charge in [0, 0.05) is 21.9 Å². The third kappa shape index (κ3) is 13.9. The van der Waals surface area contributed by atoms with Crippen molar-refractivity contribution in [2.45, 2.75) is 132 Å². The molecule has 0 bridgehead atoms. The summed E-state index contributed by atoms with van der Waals surface area (Å²) in [6.07, 6.45) is 13.2. The summed E-state index contributed by atoms with van der Waals surface area (Å²) >= 11 is 0. The highest BCUT2D eigenvalue weighted by Gasteiger charge is 2.46. The van der Waals surface area contributed by atoms with Crippen molar-refractivity contribution < 1.29 is 28.8 Å². The fourth-order valence-corrected chi connectivity index (χ4v) is 6.33. The molecule has 0 aliphatic heterocycles. The summed E-state index contributed by atoms with van der Waals surface area (Å²) in [6.45, 7) is 28.7. The van der Waals surface area contributed by atoms with Gasteiger partial charge in [-0.1, -0.05) is 52.7 Å². The van der Waals surface area contributed by atoms with Crippen LogP contribution >= 0.6 is 0 Å². The molecule has 2 aliphatic carbocycles. The number of hydrogen-bond donors (Lipinski definition) is 2. The smallest absolute Gasteiger partial charge is 0.351 e. The second-order valence-electron chi connectivity index (χ2n) is 14.2. The van der Waals surface area contributed by atoms with Crippen LogP contribution in [0.25, 0.3) is 0 Å². The average Bonchev–Trinajstić information content (AvgIpc) is 2.87. The first-order chi connectivity index (χ1) is 19.3. The van der Waals surface area contributed by atoms with E-state index in [1.165, 1.54) is 12.8 Å². The van der Waals surface area contributed by atoms with Crippen LogP contribution in [0.5, 0.6) is 0 Å². The molecule has 8 heteroatoms. The number of allylic oxidation sites excluding steroid dienone is 2. The predicted molar refractivity (Wildman–Crippen MR) is 165 cm³/mol. The zero-order chi connectivity index (χ0) is 33.4. The topological polar surface area (TPSA) is 126 Å². The fourth-order valence-electron chi connectivity index (χ4n) is 6.33. The fraction of sp³-hybridized carbons (Fsp3) is 0.765. The molecule has 42 heavy (non-hydrogen) atoms. The molecule has 6 atom stereocenters. The van der Waals surface area contributed by atoms with Gasteiger partial charge in [-0.3, -0.25) is 9.59 Å². The maximum atomic E-state index is 12.6. The van der Waals surface area contributed by atoms with Crippen molar-refractivity contribution in [1.29, 1.82) is 0 Å². The van der Waals surface area contributed by atoms with E-state index in [0.717, 1.165) is 38.5 Å². The molecule has 0 saturated heterocycles. The summed E-state index contributed by atoms with van der Waals surface area (Å²) in [6, 6.07) is 0. The molecular formula is C34H58N2O6. The van der Waals surface area contributed by atoms with Crippen molar-refractivity contribution in [2.75, 3.05) is 0 Å². The van der Waals surface area contributed by atoms with Crippen LogP contribution < -0.4 is 10.6 Å². The molecule has 0 radical (unpaired) electrons. The van der Waals surface area contributed by atoms with Crippen LogP contribution in [0.3, 0.4) is 0 Å². The van der Waals surface area contributed by atoms with Crippen molar-refractivity contribution in [1.82, 2.24) is 10.6 Å². The van der Waals surface area contributed by atoms with Crippen LogP contribution in [0.4, 0.5) is 0 Å². The van der Waals surface area contributed by atoms with E-state index in [0.29, 0.717) is 23.7 Å². The number of hydrogen-bond acceptors (Lipinski definition) is 6. The minimum atomic E-state index is -0.237. The number of rotatable bonds is 6. The van der Waals surface area contributed by atoms with Crippen LogP contribution in [0, 0.1) is 34.5 Å². The molecule has 0 unspecified atom stereocenters. The lowest BCUT2D eigenvalue weighted by Crippen LogP contribution is -2.52. The Morgan fingerprint density at radius 3 is 1.14 bits per heavy atom. The summed E-state index contributed by atoms with van der Waals surface area (Å²) in [5, 5.41) is 6.33. The Bertz CT molecular complexity index is 859. The van der Waals surface area contributed by atoms with Crippen LogP contribution in [-0.2, 0) is 28.8 Å². The standard InChI is InChI=1S/2C16H29NO.2CO2/c2*1-7-12-9-10-13(8-2)16(6,11-12)14(18)17-15(3,4)5;2*2-1-3/h2*7,12-13H,1,8-11H2,2-6H3,(H,17,18);;/t12-,13-,16+;12-,13-,16-;;/m11../s1. The number of amides is 2. The minimum absolute atomic E-state index is 0.153. The molecule has 2 rings (SSSR count). The molecule has 8 nitrogen and oxygen atoms in total. The molecule has 0 aromatic carbocycles. The van der Waals surface area contributed by atoms with E-state index in [2.05, 4.69) is 51.5 Å². The quantitative estimate of drug-likeness (QED) is 0.333. The zero-order valence-corrected chi connectivity index (χ0v) is 28.0. The van der Waals surface area contributed by atoms with Crippen molar-refractivity contribution in [3.63, 3.8) is 0 Å². The van der Waals surface area contributed by atoms with E-state index in [9.17, 15) is 9.59 Å². The Kier molecular flexibility index (Phi) is 18.4. The molecule has 0 aromatic heterocycles. The largest absolute Gasteiger partial charge is 0.373 e. The average molecular weight is 591 g/mol. The lowest BCUT2D eigenvalue weighted by molar-refractivity contribution is -0.193. The third-order valence-corrected chi connectivity index (χ3v) is 8.61. The zero-order valence-electron chi connectivity index (χ0n) is 28.0. The second-order valence-corrected chi connectivity index (χ2v) is 14.2. The van der Waals surface area contributed by atoms with Gasteiger partial charge in [0.1, 0.15) is 0 Å². The summed E-state index contributed by atoms with van der Waals surface area (Å²) in [7, 11) is 0. The van der Waals surface area contributed by atoms with Gasteiger partial charge in [0.2, 0.25) is 11.8 Å². The molecule has 2 saturated carbocycles. The van der Waals surface area contributed by atoms with E-state index in [-0.39, 0.29) is 46.0 Å². The third-order valence-electron chi connectivity index (χ3n) is 8.61. The first-order valence-corrected chi connectivity index (χ1v) is 15.2. The van der Waals surface area contributed by atoms with Gasteiger partial charge < -0.3 is 10.6 Å². The van der Waals surface area contributed by atoms with E-state index in [1.807, 2.05) is 53.7 Å². The Balaban J connectivity index is 0. The highest BCUT2D eigenvalue weighted by atomic mass is 16.2. The Morgan fingerprint density at radius 2 is 0.952 bits per heavy atom. The van der Waals surface area contributed by atoms with Crippen LogP contribution in [-0.4, -0.2) is 35.2 Å². The lowest BCUT2D eigenvalue weighted by atomic mass is 9.62. The highest BCUT2D eigenvalue weighted by molar-refractivity contribution is 5.84. The molecule has 2 fully saturated rings. The molecule has 2 amide bonds. The summed E-state index contributed by atoms with van der Waals surface area (Å²) in [4.78, 5) is 57.7. The van der Waals surface area contributed by atoms with Gasteiger partial charge in [-0.25, -0.2) is 0 Å². The Morgan fingerprint density at radius 1 is 0.690 bits per heavy atom. The maximum absolute atomic E-state index is 12.6. The maximum Gasteiger partial charge on any atom is 0.373 e. The summed E-state index contributed by atoms with van der Waals surface area (Å²) in [5.41, 5.74) is -0.780. The Labute approximate surface area is 254 Å². The van der Waals surface area contributed by atoms with Gasteiger partial charge in [-0.05, 0) is 104 Å². The molecule has 0 heterocycles. The normalized spacial score (nSPS) is 28.6. The minimum Gasteiger partial charge on any atom is -0.351 e. The number of carbonyl (C=O) groups is 2. The summed E-state index contributed by atoms with van der Waals surface area (Å²) in [5.74, 6) is 2.40. The van der Waals surface area contributed by atoms with E-state index in [4.69, 9.17) is 19.2 Å². The van der Waals surface area contributed by atoms with Gasteiger partial charge in [0.05, 0.1) is 0 Å². The molecular weight excluding hydrogens is 532 g/mol. The lowest BCUT2D eigenvalue weighted by Gasteiger charge is -2.44. The first-order valence-electron chi connectivity index (χ1n) is 15.2. The summed E-state index contributed by atoms with van der Waals surface area (Å²) < 4.78 is 0. The van der Waals surface area contributed by atoms with Gasteiger partial charge in [-0.2, -0.15) is 19.2 Å². The van der Waals surface area contributed by atoms with Gasteiger partial charge in [-0.15, -0.1) is 13.2 Å². The SMILES string of the molecule is C=C[C@@H]1CC[C@@H](CC)[C@@](C)(C(=O)NC(C)(C)C)C1.C=C[C@@H]1CC[C@@H](CC)[C@](C)(C(=O)NC(C)(C)C)C1.O=C=O.O=C=O. The number of carbonyl (C=O) groups excluding carboxylic acids is 6. The van der Waals surface area contributed by atoms with Crippen molar-refractivity contribution in [2.24, 2.45) is 34.5 Å².